The highest BCUT2D eigenvalue weighted by atomic mass is 35.5. The van der Waals surface area contributed by atoms with Crippen molar-refractivity contribution in [2.75, 3.05) is 37.7 Å². The van der Waals surface area contributed by atoms with Crippen LogP contribution in [0.25, 0.3) is 0 Å². The first-order chi connectivity index (χ1) is 12.9. The third kappa shape index (κ3) is 5.38. The number of aryl methyl sites for hydroxylation is 1. The molecule has 0 spiro atoms. The van der Waals surface area contributed by atoms with Gasteiger partial charge in [0.1, 0.15) is 11.6 Å². The van der Waals surface area contributed by atoms with E-state index < -0.39 is 0 Å². The van der Waals surface area contributed by atoms with Crippen LogP contribution >= 0.6 is 12.4 Å². The molecular weight excluding hydrogens is 379 g/mol. The van der Waals surface area contributed by atoms with E-state index >= 15 is 0 Å². The first kappa shape index (κ1) is 22.0. The van der Waals surface area contributed by atoms with E-state index in [4.69, 9.17) is 4.74 Å². The number of halogens is 2. The minimum absolute atomic E-state index is 0. The highest BCUT2D eigenvalue weighted by molar-refractivity contribution is 5.85. The lowest BCUT2D eigenvalue weighted by atomic mass is 10.0. The lowest BCUT2D eigenvalue weighted by Gasteiger charge is -2.36. The summed E-state index contributed by atoms with van der Waals surface area (Å²) in [5.41, 5.74) is 3.23. The number of hydrogen-bond donors (Lipinski definition) is 0. The molecule has 2 aromatic rings. The predicted octanol–water partition coefficient (Wildman–Crippen LogP) is 4.41. The van der Waals surface area contributed by atoms with Crippen molar-refractivity contribution in [3.8, 4) is 5.75 Å². The molecule has 1 heterocycles. The number of amides is 1. The normalized spacial score (nSPS) is 14.0. The molecule has 28 heavy (non-hydrogen) atoms. The topological polar surface area (TPSA) is 32.8 Å². The molecule has 1 amide bonds. The summed E-state index contributed by atoms with van der Waals surface area (Å²) in [6, 6.07) is 12.6. The van der Waals surface area contributed by atoms with Crippen LogP contribution in [-0.2, 0) is 4.79 Å². The number of carbonyl (C=O) groups excluding carboxylic acids is 1. The van der Waals surface area contributed by atoms with Gasteiger partial charge in [0.15, 0.2) is 6.61 Å². The van der Waals surface area contributed by atoms with Crippen LogP contribution in [0.15, 0.2) is 42.5 Å². The van der Waals surface area contributed by atoms with Gasteiger partial charge in [-0.3, -0.25) is 4.79 Å². The van der Waals surface area contributed by atoms with Crippen molar-refractivity contribution < 1.29 is 13.9 Å². The molecule has 1 aliphatic rings. The molecule has 6 heteroatoms. The average Bonchev–Trinajstić information content (AvgIpc) is 2.66. The van der Waals surface area contributed by atoms with E-state index in [-0.39, 0.29) is 30.7 Å². The Kier molecular flexibility index (Phi) is 7.69. The Morgan fingerprint density at radius 1 is 1.07 bits per heavy atom. The minimum atomic E-state index is -0.235. The van der Waals surface area contributed by atoms with E-state index in [1.165, 1.54) is 12.1 Å². The van der Waals surface area contributed by atoms with Crippen LogP contribution < -0.4 is 9.64 Å². The zero-order valence-electron chi connectivity index (χ0n) is 16.7. The number of anilines is 1. The van der Waals surface area contributed by atoms with Crippen molar-refractivity contribution in [2.45, 2.75) is 26.7 Å². The molecular formula is C22H28ClFN2O2. The molecule has 0 aromatic heterocycles. The van der Waals surface area contributed by atoms with Crippen molar-refractivity contribution >= 4 is 24.0 Å². The lowest BCUT2D eigenvalue weighted by Crippen LogP contribution is -2.50. The second-order valence-electron chi connectivity index (χ2n) is 7.33. The Hall–Kier alpha value is -2.27. The van der Waals surface area contributed by atoms with Gasteiger partial charge in [-0.1, -0.05) is 26.0 Å². The Bertz CT molecular complexity index is 788. The van der Waals surface area contributed by atoms with Crippen molar-refractivity contribution in [3.05, 3.63) is 59.4 Å². The van der Waals surface area contributed by atoms with Crippen LogP contribution in [0.4, 0.5) is 10.1 Å². The van der Waals surface area contributed by atoms with Gasteiger partial charge in [-0.15, -0.1) is 12.4 Å². The van der Waals surface area contributed by atoms with Gasteiger partial charge in [0.2, 0.25) is 0 Å². The third-order valence-corrected chi connectivity index (χ3v) is 4.97. The van der Waals surface area contributed by atoms with E-state index in [1.807, 2.05) is 17.9 Å². The number of ether oxygens (including phenoxy) is 1. The number of rotatable bonds is 5. The molecule has 0 aliphatic carbocycles. The molecule has 3 rings (SSSR count). The zero-order valence-corrected chi connectivity index (χ0v) is 17.5. The van der Waals surface area contributed by atoms with Crippen molar-refractivity contribution in [2.24, 2.45) is 0 Å². The molecule has 2 aromatic carbocycles. The van der Waals surface area contributed by atoms with Crippen LogP contribution in [0.1, 0.15) is 30.9 Å². The standard InChI is InChI=1S/C22H27FN2O2.ClH/c1-16(2)20-9-4-17(3)14-21(20)27-15-22(26)25-12-10-24(11-13-25)19-7-5-18(23)6-8-19;/h4-9,14,16H,10-13,15H2,1-3H3;1H. The van der Waals surface area contributed by atoms with E-state index in [9.17, 15) is 9.18 Å². The van der Waals surface area contributed by atoms with E-state index in [1.54, 1.807) is 12.1 Å². The molecule has 0 radical (unpaired) electrons. The minimum Gasteiger partial charge on any atom is -0.483 e. The van der Waals surface area contributed by atoms with Gasteiger partial charge in [0, 0.05) is 31.9 Å². The summed E-state index contributed by atoms with van der Waals surface area (Å²) in [6.45, 7) is 9.07. The zero-order chi connectivity index (χ0) is 19.4. The monoisotopic (exact) mass is 406 g/mol. The quantitative estimate of drug-likeness (QED) is 0.737. The van der Waals surface area contributed by atoms with Gasteiger partial charge >= 0.3 is 0 Å². The van der Waals surface area contributed by atoms with Crippen LogP contribution in [0.2, 0.25) is 0 Å². The maximum atomic E-state index is 13.1. The highest BCUT2D eigenvalue weighted by Crippen LogP contribution is 2.27. The molecule has 0 bridgehead atoms. The van der Waals surface area contributed by atoms with E-state index in [0.29, 0.717) is 19.0 Å². The van der Waals surface area contributed by atoms with Crippen molar-refractivity contribution in [1.82, 2.24) is 4.90 Å². The lowest BCUT2D eigenvalue weighted by molar-refractivity contribution is -0.133. The number of piperazine rings is 1. The molecule has 4 nitrogen and oxygen atoms in total. The second-order valence-corrected chi connectivity index (χ2v) is 7.33. The Labute approximate surface area is 172 Å². The fraction of sp³-hybridized carbons (Fsp3) is 0.409. The van der Waals surface area contributed by atoms with Crippen molar-refractivity contribution in [1.29, 1.82) is 0 Å². The molecule has 1 aliphatic heterocycles. The number of carbonyl (C=O) groups is 1. The maximum Gasteiger partial charge on any atom is 0.260 e. The Morgan fingerprint density at radius 3 is 2.32 bits per heavy atom. The van der Waals surface area contributed by atoms with Gasteiger partial charge in [0.25, 0.3) is 5.91 Å². The average molecular weight is 407 g/mol. The number of nitrogens with zero attached hydrogens (tertiary/aromatic N) is 2. The SMILES string of the molecule is Cc1ccc(C(C)C)c(OCC(=O)N2CCN(c3ccc(F)cc3)CC2)c1.Cl. The first-order valence-electron chi connectivity index (χ1n) is 9.45. The molecule has 0 unspecified atom stereocenters. The van der Waals surface area contributed by atoms with E-state index in [2.05, 4.69) is 30.9 Å². The molecule has 0 saturated carbocycles. The van der Waals surface area contributed by atoms with Gasteiger partial charge < -0.3 is 14.5 Å². The number of benzene rings is 2. The highest BCUT2D eigenvalue weighted by Gasteiger charge is 2.22. The van der Waals surface area contributed by atoms with Crippen molar-refractivity contribution in [3.63, 3.8) is 0 Å². The van der Waals surface area contributed by atoms with Crippen LogP contribution in [0.3, 0.4) is 0 Å². The Balaban J connectivity index is 0.00000280. The Morgan fingerprint density at radius 2 is 1.71 bits per heavy atom. The van der Waals surface area contributed by atoms with Crippen LogP contribution in [0, 0.1) is 12.7 Å². The van der Waals surface area contributed by atoms with Gasteiger partial charge in [-0.25, -0.2) is 4.39 Å². The van der Waals surface area contributed by atoms with Gasteiger partial charge in [-0.2, -0.15) is 0 Å². The maximum absolute atomic E-state index is 13.1. The summed E-state index contributed by atoms with van der Waals surface area (Å²) in [5, 5.41) is 0. The smallest absolute Gasteiger partial charge is 0.260 e. The summed E-state index contributed by atoms with van der Waals surface area (Å²) < 4.78 is 18.9. The molecule has 1 fully saturated rings. The van der Waals surface area contributed by atoms with E-state index in [0.717, 1.165) is 35.7 Å². The largest absolute Gasteiger partial charge is 0.483 e. The third-order valence-electron chi connectivity index (χ3n) is 4.97. The van der Waals surface area contributed by atoms with Gasteiger partial charge in [0.05, 0.1) is 0 Å². The van der Waals surface area contributed by atoms with Gasteiger partial charge in [-0.05, 0) is 54.3 Å². The van der Waals surface area contributed by atoms with Crippen LogP contribution in [-0.4, -0.2) is 43.6 Å². The first-order valence-corrected chi connectivity index (χ1v) is 9.45. The summed E-state index contributed by atoms with van der Waals surface area (Å²) in [6.07, 6.45) is 0. The second kappa shape index (κ2) is 9.78. The molecule has 0 N–H and O–H groups in total. The summed E-state index contributed by atoms with van der Waals surface area (Å²) >= 11 is 0. The summed E-state index contributed by atoms with van der Waals surface area (Å²) in [4.78, 5) is 16.6. The number of hydrogen-bond acceptors (Lipinski definition) is 3. The molecule has 152 valence electrons. The molecule has 1 saturated heterocycles. The van der Waals surface area contributed by atoms with Crippen LogP contribution in [0.5, 0.6) is 5.75 Å². The summed E-state index contributed by atoms with van der Waals surface area (Å²) in [5.74, 6) is 0.907. The summed E-state index contributed by atoms with van der Waals surface area (Å²) in [7, 11) is 0. The predicted molar refractivity (Wildman–Crippen MR) is 113 cm³/mol. The fourth-order valence-corrected chi connectivity index (χ4v) is 3.34. The molecule has 0 atom stereocenters. The fourth-order valence-electron chi connectivity index (χ4n) is 3.34.